The van der Waals surface area contributed by atoms with Gasteiger partial charge in [-0.2, -0.15) is 0 Å². The van der Waals surface area contributed by atoms with Gasteiger partial charge in [-0.1, -0.05) is 11.6 Å². The zero-order valence-corrected chi connectivity index (χ0v) is 10.5. The summed E-state index contributed by atoms with van der Waals surface area (Å²) >= 11 is 5.80. The number of amides is 1. The molecule has 17 heavy (non-hydrogen) atoms. The summed E-state index contributed by atoms with van der Waals surface area (Å²) in [5.74, 6) is -0.474. The molecular weight excluding hydrogens is 266 g/mol. The van der Waals surface area contributed by atoms with E-state index < -0.39 is 22.0 Å². The van der Waals surface area contributed by atoms with Crippen LogP contribution in [0.2, 0.25) is 5.02 Å². The van der Waals surface area contributed by atoms with Gasteiger partial charge in [0.15, 0.2) is 0 Å². The number of carbonyl (C=O) groups is 1. The Morgan fingerprint density at radius 3 is 2.53 bits per heavy atom. The molecule has 0 saturated carbocycles. The minimum absolute atomic E-state index is 0.137. The number of carbonyl (C=O) groups excluding carboxylic acids is 1. The summed E-state index contributed by atoms with van der Waals surface area (Å²) in [5.41, 5.74) is 5.51. The molecule has 0 spiro atoms. The third-order valence-electron chi connectivity index (χ3n) is 1.94. The fourth-order valence-electron chi connectivity index (χ4n) is 1.02. The zero-order valence-electron chi connectivity index (χ0n) is 8.98. The average molecular weight is 278 g/mol. The number of primary sulfonamides is 1. The lowest BCUT2D eigenvalue weighted by atomic mass is 10.3. The Hall–Kier alpha value is -1.15. The Morgan fingerprint density at radius 1 is 1.47 bits per heavy atom. The van der Waals surface area contributed by atoms with Gasteiger partial charge in [0.05, 0.1) is 21.6 Å². The van der Waals surface area contributed by atoms with E-state index in [9.17, 15) is 13.2 Å². The maximum atomic E-state index is 11.3. The van der Waals surface area contributed by atoms with Crippen LogP contribution in [0.5, 0.6) is 0 Å². The third kappa shape index (κ3) is 3.67. The molecular formula is C9H12ClN3O3S. The number of hydrogen-bond donors (Lipinski definition) is 3. The molecule has 5 N–H and O–H groups in total. The second-order valence-corrected chi connectivity index (χ2v) is 5.43. The molecule has 1 amide bonds. The van der Waals surface area contributed by atoms with Gasteiger partial charge in [-0.3, -0.25) is 4.79 Å². The molecule has 6 nitrogen and oxygen atoms in total. The molecule has 0 aromatic heterocycles. The number of hydrogen-bond acceptors (Lipinski definition) is 4. The van der Waals surface area contributed by atoms with Crippen LogP contribution in [0.15, 0.2) is 23.1 Å². The summed E-state index contributed by atoms with van der Waals surface area (Å²) in [4.78, 5) is 11.2. The molecule has 1 rings (SSSR count). The minimum atomic E-state index is -3.84. The number of sulfonamides is 1. The number of anilines is 1. The van der Waals surface area contributed by atoms with Gasteiger partial charge in [0.2, 0.25) is 15.9 Å². The topological polar surface area (TPSA) is 115 Å². The molecule has 1 unspecified atom stereocenters. The van der Waals surface area contributed by atoms with E-state index in [-0.39, 0.29) is 15.6 Å². The lowest BCUT2D eigenvalue weighted by molar-refractivity contribution is -0.117. The van der Waals surface area contributed by atoms with E-state index in [0.717, 1.165) is 0 Å². The maximum absolute atomic E-state index is 11.3. The van der Waals surface area contributed by atoms with Crippen molar-refractivity contribution in [2.24, 2.45) is 10.9 Å². The van der Waals surface area contributed by atoms with Crippen molar-refractivity contribution < 1.29 is 13.2 Å². The van der Waals surface area contributed by atoms with Gasteiger partial charge >= 0.3 is 0 Å². The van der Waals surface area contributed by atoms with Crippen LogP contribution in [-0.2, 0) is 14.8 Å². The highest BCUT2D eigenvalue weighted by Gasteiger charge is 2.14. The van der Waals surface area contributed by atoms with Crippen LogP contribution >= 0.6 is 11.6 Å². The SMILES string of the molecule is CC(N)C(=O)Nc1cc(S(N)(=O)=O)ccc1Cl. The Morgan fingerprint density at radius 2 is 2.06 bits per heavy atom. The maximum Gasteiger partial charge on any atom is 0.241 e. The molecule has 0 radical (unpaired) electrons. The number of nitrogens with one attached hydrogen (secondary N) is 1. The Bertz CT molecular complexity index is 542. The monoisotopic (exact) mass is 277 g/mol. The molecule has 94 valence electrons. The van der Waals surface area contributed by atoms with Crippen molar-refractivity contribution >= 4 is 33.2 Å². The van der Waals surface area contributed by atoms with Gasteiger partial charge in [0.25, 0.3) is 0 Å². The summed E-state index contributed by atoms with van der Waals surface area (Å²) in [7, 11) is -3.84. The quantitative estimate of drug-likeness (QED) is 0.735. The number of rotatable bonds is 3. The van der Waals surface area contributed by atoms with Crippen molar-refractivity contribution in [2.75, 3.05) is 5.32 Å². The average Bonchev–Trinajstić information content (AvgIpc) is 2.19. The lowest BCUT2D eigenvalue weighted by Gasteiger charge is -2.10. The van der Waals surface area contributed by atoms with Gasteiger partial charge in [-0.05, 0) is 25.1 Å². The summed E-state index contributed by atoms with van der Waals surface area (Å²) in [6, 6.07) is 3.03. The third-order valence-corrected chi connectivity index (χ3v) is 3.18. The van der Waals surface area contributed by atoms with Crippen molar-refractivity contribution in [3.8, 4) is 0 Å². The van der Waals surface area contributed by atoms with Gasteiger partial charge in [-0.25, -0.2) is 13.6 Å². The summed E-state index contributed by atoms with van der Waals surface area (Å²) in [5, 5.41) is 7.56. The van der Waals surface area contributed by atoms with Crippen LogP contribution < -0.4 is 16.2 Å². The first-order chi connectivity index (χ1) is 7.71. The van der Waals surface area contributed by atoms with Crippen LogP contribution in [0.1, 0.15) is 6.92 Å². The van der Waals surface area contributed by atoms with E-state index in [2.05, 4.69) is 5.32 Å². The lowest BCUT2D eigenvalue weighted by Crippen LogP contribution is -2.32. The molecule has 0 aliphatic heterocycles. The first kappa shape index (κ1) is 13.9. The predicted octanol–water partition coefficient (Wildman–Crippen LogP) is 0.273. The first-order valence-electron chi connectivity index (χ1n) is 4.60. The van der Waals surface area contributed by atoms with E-state index in [1.165, 1.54) is 25.1 Å². The molecule has 0 heterocycles. The first-order valence-corrected chi connectivity index (χ1v) is 6.53. The van der Waals surface area contributed by atoms with Crippen molar-refractivity contribution in [3.05, 3.63) is 23.2 Å². The van der Waals surface area contributed by atoms with E-state index >= 15 is 0 Å². The van der Waals surface area contributed by atoms with Crippen LogP contribution in [0.3, 0.4) is 0 Å². The minimum Gasteiger partial charge on any atom is -0.323 e. The molecule has 1 aromatic carbocycles. The van der Waals surface area contributed by atoms with E-state index in [1.807, 2.05) is 0 Å². The summed E-state index contributed by atoms with van der Waals surface area (Å²) in [6.45, 7) is 1.49. The van der Waals surface area contributed by atoms with Crippen LogP contribution in [-0.4, -0.2) is 20.4 Å². The zero-order chi connectivity index (χ0) is 13.2. The van der Waals surface area contributed by atoms with Crippen LogP contribution in [0.4, 0.5) is 5.69 Å². The molecule has 8 heteroatoms. The molecule has 0 fully saturated rings. The molecule has 0 aliphatic carbocycles. The summed E-state index contributed by atoms with van der Waals surface area (Å²) < 4.78 is 22.2. The molecule has 0 saturated heterocycles. The number of nitrogens with two attached hydrogens (primary N) is 2. The second kappa shape index (κ2) is 5.01. The molecule has 0 aliphatic rings. The second-order valence-electron chi connectivity index (χ2n) is 3.46. The fraction of sp³-hybridized carbons (Fsp3) is 0.222. The highest BCUT2D eigenvalue weighted by Crippen LogP contribution is 2.24. The van der Waals surface area contributed by atoms with Crippen molar-refractivity contribution in [1.82, 2.24) is 0 Å². The van der Waals surface area contributed by atoms with Gasteiger partial charge in [0.1, 0.15) is 0 Å². The van der Waals surface area contributed by atoms with E-state index in [0.29, 0.717) is 0 Å². The smallest absolute Gasteiger partial charge is 0.241 e. The fourth-order valence-corrected chi connectivity index (χ4v) is 1.73. The Balaban J connectivity index is 3.12. The van der Waals surface area contributed by atoms with Gasteiger partial charge < -0.3 is 11.1 Å². The molecule has 1 aromatic rings. The molecule has 1 atom stereocenters. The van der Waals surface area contributed by atoms with Crippen molar-refractivity contribution in [2.45, 2.75) is 17.9 Å². The molecule has 0 bridgehead atoms. The Kier molecular flexibility index (Phi) is 4.10. The normalized spacial score (nSPS) is 13.2. The van der Waals surface area contributed by atoms with E-state index in [1.54, 1.807) is 0 Å². The van der Waals surface area contributed by atoms with Gasteiger partial charge in [-0.15, -0.1) is 0 Å². The van der Waals surface area contributed by atoms with Gasteiger partial charge in [0, 0.05) is 0 Å². The number of benzene rings is 1. The van der Waals surface area contributed by atoms with Crippen molar-refractivity contribution in [3.63, 3.8) is 0 Å². The largest absolute Gasteiger partial charge is 0.323 e. The predicted molar refractivity (Wildman–Crippen MR) is 65.1 cm³/mol. The highest BCUT2D eigenvalue weighted by atomic mass is 35.5. The van der Waals surface area contributed by atoms with E-state index in [4.69, 9.17) is 22.5 Å². The standard InChI is InChI=1S/C9H12ClN3O3S/c1-5(11)9(14)13-8-4-6(17(12,15)16)2-3-7(8)10/h2-5H,11H2,1H3,(H,13,14)(H2,12,15,16). The highest BCUT2D eigenvalue weighted by molar-refractivity contribution is 7.89. The van der Waals surface area contributed by atoms with Crippen LogP contribution in [0, 0.1) is 0 Å². The summed E-state index contributed by atoms with van der Waals surface area (Å²) in [6.07, 6.45) is 0. The van der Waals surface area contributed by atoms with Crippen molar-refractivity contribution in [1.29, 1.82) is 0 Å². The Labute approximate surface area is 104 Å². The number of halogens is 1. The van der Waals surface area contributed by atoms with Crippen LogP contribution in [0.25, 0.3) is 0 Å².